The largest absolute Gasteiger partial charge is 0.419 e. The average Bonchev–Trinajstić information content (AvgIpc) is 2.03. The van der Waals surface area contributed by atoms with Crippen molar-refractivity contribution in [3.63, 3.8) is 0 Å². The number of rotatable bonds is 1. The van der Waals surface area contributed by atoms with Crippen molar-refractivity contribution in [2.45, 2.75) is 11.2 Å². The predicted octanol–water partition coefficient (Wildman–Crippen LogP) is 2.96. The van der Waals surface area contributed by atoms with Crippen LogP contribution in [0.5, 0.6) is 0 Å². The summed E-state index contributed by atoms with van der Waals surface area (Å²) < 4.78 is 49.0. The normalized spacial score (nSPS) is 11.8. The molecule has 1 heterocycles. The van der Waals surface area contributed by atoms with Gasteiger partial charge in [0, 0.05) is 0 Å². The molecule has 0 unspecified atom stereocenters. The van der Waals surface area contributed by atoms with Crippen LogP contribution in [0.15, 0.2) is 17.3 Å². The average molecular weight is 211 g/mol. The Kier molecular flexibility index (Phi) is 2.80. The van der Waals surface area contributed by atoms with Gasteiger partial charge in [-0.25, -0.2) is 9.37 Å². The summed E-state index contributed by atoms with van der Waals surface area (Å²) in [5.74, 6) is -0.981. The van der Waals surface area contributed by atoms with Crippen LogP contribution in [-0.4, -0.2) is 11.2 Å². The van der Waals surface area contributed by atoms with Gasteiger partial charge in [0.1, 0.15) is 10.8 Å². The van der Waals surface area contributed by atoms with Crippen LogP contribution in [0, 0.1) is 5.82 Å². The lowest BCUT2D eigenvalue weighted by molar-refractivity contribution is -0.140. The molecule has 0 spiro atoms. The second-order valence-electron chi connectivity index (χ2n) is 2.21. The number of alkyl halides is 3. The van der Waals surface area contributed by atoms with E-state index in [1.807, 2.05) is 0 Å². The molecule has 0 amide bonds. The van der Waals surface area contributed by atoms with Crippen molar-refractivity contribution in [1.29, 1.82) is 0 Å². The summed E-state index contributed by atoms with van der Waals surface area (Å²) >= 11 is 0.833. The molecule has 0 aliphatic carbocycles. The highest BCUT2D eigenvalue weighted by atomic mass is 32.2. The number of halogens is 4. The van der Waals surface area contributed by atoms with E-state index in [0.717, 1.165) is 18.0 Å². The third-order valence-electron chi connectivity index (χ3n) is 1.32. The number of aromatic nitrogens is 1. The molecule has 1 nitrogen and oxygen atoms in total. The molecule has 1 aromatic heterocycles. The molecule has 0 saturated carbocycles. The van der Waals surface area contributed by atoms with Crippen LogP contribution >= 0.6 is 11.8 Å². The minimum absolute atomic E-state index is 0.214. The summed E-state index contributed by atoms with van der Waals surface area (Å²) in [6.45, 7) is 0. The van der Waals surface area contributed by atoms with Gasteiger partial charge < -0.3 is 0 Å². The summed E-state index contributed by atoms with van der Waals surface area (Å²) in [4.78, 5) is 3.33. The van der Waals surface area contributed by atoms with Gasteiger partial charge in [-0.05, 0) is 12.3 Å². The maximum atomic E-state index is 12.4. The second-order valence-corrected chi connectivity index (χ2v) is 3.00. The minimum atomic E-state index is -4.55. The lowest BCUT2D eigenvalue weighted by Crippen LogP contribution is -2.08. The van der Waals surface area contributed by atoms with Crippen molar-refractivity contribution in [1.82, 2.24) is 4.98 Å². The quantitative estimate of drug-likeness (QED) is 0.523. The molecule has 0 aromatic carbocycles. The smallest absolute Gasteiger partial charge is 0.246 e. The Labute approximate surface area is 76.2 Å². The molecule has 0 N–H and O–H groups in total. The Balaban J connectivity index is 3.24. The van der Waals surface area contributed by atoms with E-state index in [-0.39, 0.29) is 5.03 Å². The third-order valence-corrected chi connectivity index (χ3v) is 2.03. The van der Waals surface area contributed by atoms with E-state index in [9.17, 15) is 17.6 Å². The predicted molar refractivity (Wildman–Crippen MR) is 41.0 cm³/mol. The van der Waals surface area contributed by atoms with Gasteiger partial charge in [-0.1, -0.05) is 0 Å². The summed E-state index contributed by atoms with van der Waals surface area (Å²) in [5.41, 5.74) is -1.03. The highest BCUT2D eigenvalue weighted by Crippen LogP contribution is 2.34. The second kappa shape index (κ2) is 3.53. The minimum Gasteiger partial charge on any atom is -0.246 e. The Hall–Kier alpha value is -0.780. The first-order valence-electron chi connectivity index (χ1n) is 3.22. The van der Waals surface area contributed by atoms with E-state index in [4.69, 9.17) is 0 Å². The summed E-state index contributed by atoms with van der Waals surface area (Å²) in [6, 6.07) is 0.443. The molecule has 0 saturated heterocycles. The van der Waals surface area contributed by atoms with Crippen molar-refractivity contribution in [3.05, 3.63) is 23.6 Å². The molecule has 0 bridgehead atoms. The summed E-state index contributed by atoms with van der Waals surface area (Å²) in [6.07, 6.45) is -2.33. The Morgan fingerprint density at radius 3 is 2.46 bits per heavy atom. The zero-order valence-electron chi connectivity index (χ0n) is 6.52. The van der Waals surface area contributed by atoms with E-state index in [2.05, 4.69) is 4.98 Å². The Morgan fingerprint density at radius 2 is 2.00 bits per heavy atom. The van der Waals surface area contributed by atoms with E-state index < -0.39 is 17.6 Å². The van der Waals surface area contributed by atoms with Crippen molar-refractivity contribution < 1.29 is 17.6 Å². The standard InChI is InChI=1S/C7H5F4NS/c1-13-6-5(7(9,10)11)2-4(8)3-12-6/h2-3H,1H3. The van der Waals surface area contributed by atoms with Crippen LogP contribution in [0.2, 0.25) is 0 Å². The van der Waals surface area contributed by atoms with Gasteiger partial charge in [0.15, 0.2) is 0 Å². The van der Waals surface area contributed by atoms with Crippen LogP contribution in [0.25, 0.3) is 0 Å². The van der Waals surface area contributed by atoms with Crippen LogP contribution in [0.3, 0.4) is 0 Å². The van der Waals surface area contributed by atoms with Gasteiger partial charge in [-0.15, -0.1) is 11.8 Å². The molecule has 6 heteroatoms. The first-order chi connectivity index (χ1) is 5.95. The molecule has 0 fully saturated rings. The molecule has 0 aliphatic heterocycles. The van der Waals surface area contributed by atoms with Crippen LogP contribution in [0.4, 0.5) is 17.6 Å². The zero-order valence-corrected chi connectivity index (χ0v) is 7.34. The van der Waals surface area contributed by atoms with E-state index in [1.54, 1.807) is 0 Å². The first kappa shape index (κ1) is 10.3. The Morgan fingerprint density at radius 1 is 1.38 bits per heavy atom. The molecule has 1 rings (SSSR count). The van der Waals surface area contributed by atoms with Gasteiger partial charge in [-0.2, -0.15) is 13.2 Å². The van der Waals surface area contributed by atoms with E-state index in [0.29, 0.717) is 6.07 Å². The first-order valence-corrected chi connectivity index (χ1v) is 4.44. The van der Waals surface area contributed by atoms with Crippen molar-refractivity contribution in [2.75, 3.05) is 6.26 Å². The molecule has 0 radical (unpaired) electrons. The maximum absolute atomic E-state index is 12.4. The zero-order chi connectivity index (χ0) is 10.1. The summed E-state index contributed by atoms with van der Waals surface area (Å²) in [7, 11) is 0. The molecule has 0 aliphatic rings. The SMILES string of the molecule is CSc1ncc(F)cc1C(F)(F)F. The third kappa shape index (κ3) is 2.33. The number of nitrogens with zero attached hydrogens (tertiary/aromatic N) is 1. The van der Waals surface area contributed by atoms with Gasteiger partial charge in [0.2, 0.25) is 0 Å². The van der Waals surface area contributed by atoms with Gasteiger partial charge in [0.05, 0.1) is 11.8 Å². The highest BCUT2D eigenvalue weighted by molar-refractivity contribution is 7.98. The lowest BCUT2D eigenvalue weighted by Gasteiger charge is -2.09. The van der Waals surface area contributed by atoms with Gasteiger partial charge in [-0.3, -0.25) is 0 Å². The Bertz CT molecular complexity index is 310. The van der Waals surface area contributed by atoms with Crippen molar-refractivity contribution in [2.24, 2.45) is 0 Å². The van der Waals surface area contributed by atoms with Crippen LogP contribution < -0.4 is 0 Å². The molecule has 0 atom stereocenters. The highest BCUT2D eigenvalue weighted by Gasteiger charge is 2.34. The van der Waals surface area contributed by atoms with E-state index in [1.165, 1.54) is 6.26 Å². The molecular formula is C7H5F4NS. The molecular weight excluding hydrogens is 206 g/mol. The van der Waals surface area contributed by atoms with Crippen LogP contribution in [-0.2, 0) is 6.18 Å². The number of hydrogen-bond acceptors (Lipinski definition) is 2. The fraction of sp³-hybridized carbons (Fsp3) is 0.286. The lowest BCUT2D eigenvalue weighted by atomic mass is 10.3. The summed E-state index contributed by atoms with van der Waals surface area (Å²) in [5, 5.41) is -0.214. The van der Waals surface area contributed by atoms with Crippen molar-refractivity contribution >= 4 is 11.8 Å². The number of thioether (sulfide) groups is 1. The molecule has 1 aromatic rings. The fourth-order valence-electron chi connectivity index (χ4n) is 0.792. The molecule has 72 valence electrons. The molecule has 13 heavy (non-hydrogen) atoms. The van der Waals surface area contributed by atoms with Gasteiger partial charge in [0.25, 0.3) is 0 Å². The van der Waals surface area contributed by atoms with Crippen LogP contribution in [0.1, 0.15) is 5.56 Å². The van der Waals surface area contributed by atoms with E-state index >= 15 is 0 Å². The number of hydrogen-bond donors (Lipinski definition) is 0. The van der Waals surface area contributed by atoms with Crippen molar-refractivity contribution in [3.8, 4) is 0 Å². The monoisotopic (exact) mass is 211 g/mol. The number of pyridine rings is 1. The maximum Gasteiger partial charge on any atom is 0.419 e. The fourth-order valence-corrected chi connectivity index (χ4v) is 1.35. The van der Waals surface area contributed by atoms with Gasteiger partial charge >= 0.3 is 6.18 Å². The topological polar surface area (TPSA) is 12.9 Å².